The van der Waals surface area contributed by atoms with Gasteiger partial charge in [-0.05, 0) is 17.7 Å². The minimum Gasteiger partial charge on any atom is -0.460 e. The van der Waals surface area contributed by atoms with Crippen LogP contribution in [0.25, 0.3) is 11.0 Å². The number of fused-ring (bicyclic) bond motifs is 1. The van der Waals surface area contributed by atoms with Crippen LogP contribution in [0.4, 0.5) is 0 Å². The van der Waals surface area contributed by atoms with E-state index >= 15 is 0 Å². The van der Waals surface area contributed by atoms with Gasteiger partial charge in [0.2, 0.25) is 0 Å². The zero-order valence-corrected chi connectivity index (χ0v) is 7.29. The third kappa shape index (κ3) is 1.43. The van der Waals surface area contributed by atoms with Crippen molar-refractivity contribution in [3.63, 3.8) is 0 Å². The molecule has 4 N–H and O–H groups in total. The van der Waals surface area contributed by atoms with Gasteiger partial charge in [0.25, 0.3) is 0 Å². The molecule has 0 spiro atoms. The first kappa shape index (κ1) is 8.29. The first-order chi connectivity index (χ1) is 6.33. The zero-order chi connectivity index (χ0) is 9.26. The van der Waals surface area contributed by atoms with Crippen LogP contribution in [0.1, 0.15) is 11.3 Å². The van der Waals surface area contributed by atoms with Crippen molar-refractivity contribution in [2.24, 2.45) is 11.5 Å². The average Bonchev–Trinajstić information content (AvgIpc) is 2.58. The number of rotatable bonds is 2. The molecule has 0 aliphatic rings. The Morgan fingerprint density at radius 1 is 1.08 bits per heavy atom. The van der Waals surface area contributed by atoms with E-state index in [-0.39, 0.29) is 0 Å². The molecule has 2 aromatic rings. The number of benzene rings is 1. The van der Waals surface area contributed by atoms with E-state index in [1.807, 2.05) is 24.3 Å². The number of nitrogens with two attached hydrogens (primary N) is 2. The Bertz CT molecular complexity index is 418. The molecule has 0 bridgehead atoms. The highest BCUT2D eigenvalue weighted by atomic mass is 16.3. The Morgan fingerprint density at radius 3 is 2.62 bits per heavy atom. The average molecular weight is 176 g/mol. The van der Waals surface area contributed by atoms with Crippen LogP contribution in [0, 0.1) is 0 Å². The van der Waals surface area contributed by atoms with Gasteiger partial charge in [0.05, 0.1) is 6.54 Å². The lowest BCUT2D eigenvalue weighted by Crippen LogP contribution is -1.94. The van der Waals surface area contributed by atoms with Gasteiger partial charge in [0.1, 0.15) is 11.3 Å². The number of hydrogen-bond donors (Lipinski definition) is 2. The molecule has 13 heavy (non-hydrogen) atoms. The molecule has 3 nitrogen and oxygen atoms in total. The van der Waals surface area contributed by atoms with Gasteiger partial charge in [-0.15, -0.1) is 0 Å². The van der Waals surface area contributed by atoms with E-state index < -0.39 is 0 Å². The molecule has 0 aliphatic carbocycles. The van der Waals surface area contributed by atoms with Crippen LogP contribution in [-0.2, 0) is 13.1 Å². The molecule has 2 rings (SSSR count). The smallest absolute Gasteiger partial charge is 0.134 e. The van der Waals surface area contributed by atoms with Crippen LogP contribution >= 0.6 is 0 Å². The fourth-order valence-electron chi connectivity index (χ4n) is 1.36. The first-order valence-corrected chi connectivity index (χ1v) is 4.25. The van der Waals surface area contributed by atoms with E-state index in [0.29, 0.717) is 13.1 Å². The second-order valence-corrected chi connectivity index (χ2v) is 2.99. The van der Waals surface area contributed by atoms with Crippen molar-refractivity contribution in [1.29, 1.82) is 0 Å². The molecule has 1 aromatic heterocycles. The van der Waals surface area contributed by atoms with Gasteiger partial charge in [-0.25, -0.2) is 0 Å². The summed E-state index contributed by atoms with van der Waals surface area (Å²) in [5, 5.41) is 1.08. The summed E-state index contributed by atoms with van der Waals surface area (Å²) in [6.45, 7) is 0.973. The van der Waals surface area contributed by atoms with Crippen LogP contribution in [0.3, 0.4) is 0 Å². The minimum absolute atomic E-state index is 0.437. The molecular formula is C10H12N2O. The van der Waals surface area contributed by atoms with E-state index in [0.717, 1.165) is 22.3 Å². The molecule has 0 amide bonds. The molecule has 0 fully saturated rings. The van der Waals surface area contributed by atoms with E-state index in [2.05, 4.69) is 0 Å². The second kappa shape index (κ2) is 3.20. The molecule has 0 unspecified atom stereocenters. The van der Waals surface area contributed by atoms with Crippen LogP contribution in [0.5, 0.6) is 0 Å². The van der Waals surface area contributed by atoms with Crippen molar-refractivity contribution in [3.05, 3.63) is 35.6 Å². The highest BCUT2D eigenvalue weighted by molar-refractivity contribution is 5.78. The lowest BCUT2D eigenvalue weighted by Gasteiger charge is -1.94. The summed E-state index contributed by atoms with van der Waals surface area (Å²) in [4.78, 5) is 0. The number of hydrogen-bond acceptors (Lipinski definition) is 3. The van der Waals surface area contributed by atoms with Crippen LogP contribution in [-0.4, -0.2) is 0 Å². The lowest BCUT2D eigenvalue weighted by atomic mass is 10.2. The summed E-state index contributed by atoms with van der Waals surface area (Å²) < 4.78 is 5.48. The highest BCUT2D eigenvalue weighted by Gasteiger charge is 2.01. The molecule has 1 aromatic carbocycles. The Hall–Kier alpha value is -1.32. The van der Waals surface area contributed by atoms with Crippen LogP contribution in [0.15, 0.2) is 28.7 Å². The van der Waals surface area contributed by atoms with Crippen LogP contribution in [0.2, 0.25) is 0 Å². The molecular weight excluding hydrogens is 164 g/mol. The maximum atomic E-state index is 5.51. The summed E-state index contributed by atoms with van der Waals surface area (Å²) in [5.74, 6) is 0.809. The topological polar surface area (TPSA) is 65.2 Å². The summed E-state index contributed by atoms with van der Waals surface area (Å²) in [5.41, 5.74) is 12.9. The third-order valence-corrected chi connectivity index (χ3v) is 2.07. The van der Waals surface area contributed by atoms with Crippen molar-refractivity contribution in [2.75, 3.05) is 0 Å². The standard InChI is InChI=1S/C10H12N2O/c11-5-7-1-2-8-4-9(6-12)13-10(8)3-7/h1-4H,5-6,11-12H2. The SMILES string of the molecule is NCc1ccc2cc(CN)oc2c1. The lowest BCUT2D eigenvalue weighted by molar-refractivity contribution is 0.552. The maximum absolute atomic E-state index is 5.51. The predicted octanol–water partition coefficient (Wildman–Crippen LogP) is 1.35. The quantitative estimate of drug-likeness (QED) is 0.725. The van der Waals surface area contributed by atoms with E-state index in [1.54, 1.807) is 0 Å². The number of furan rings is 1. The van der Waals surface area contributed by atoms with E-state index in [1.165, 1.54) is 0 Å². The fraction of sp³-hybridized carbons (Fsp3) is 0.200. The highest BCUT2D eigenvalue weighted by Crippen LogP contribution is 2.20. The van der Waals surface area contributed by atoms with Gasteiger partial charge in [-0.1, -0.05) is 12.1 Å². The van der Waals surface area contributed by atoms with Crippen molar-refractivity contribution >= 4 is 11.0 Å². The van der Waals surface area contributed by atoms with Gasteiger partial charge in [-0.2, -0.15) is 0 Å². The predicted molar refractivity (Wildman–Crippen MR) is 52.0 cm³/mol. The van der Waals surface area contributed by atoms with Gasteiger partial charge in [-0.3, -0.25) is 0 Å². The second-order valence-electron chi connectivity index (χ2n) is 2.99. The molecule has 0 atom stereocenters. The minimum atomic E-state index is 0.437. The summed E-state index contributed by atoms with van der Waals surface area (Å²) >= 11 is 0. The van der Waals surface area contributed by atoms with Crippen molar-refractivity contribution < 1.29 is 4.42 Å². The van der Waals surface area contributed by atoms with Gasteiger partial charge >= 0.3 is 0 Å². The van der Waals surface area contributed by atoms with E-state index in [9.17, 15) is 0 Å². The summed E-state index contributed by atoms with van der Waals surface area (Å²) in [6, 6.07) is 7.91. The Morgan fingerprint density at radius 2 is 1.92 bits per heavy atom. The van der Waals surface area contributed by atoms with Gasteiger partial charge in [0.15, 0.2) is 0 Å². The molecule has 0 radical (unpaired) electrons. The molecule has 68 valence electrons. The van der Waals surface area contributed by atoms with Crippen molar-refractivity contribution in [2.45, 2.75) is 13.1 Å². The largest absolute Gasteiger partial charge is 0.460 e. The summed E-state index contributed by atoms with van der Waals surface area (Å²) in [6.07, 6.45) is 0. The Balaban J connectivity index is 2.57. The summed E-state index contributed by atoms with van der Waals surface area (Å²) in [7, 11) is 0. The first-order valence-electron chi connectivity index (χ1n) is 4.25. The normalized spacial score (nSPS) is 10.9. The molecule has 0 saturated carbocycles. The van der Waals surface area contributed by atoms with Crippen molar-refractivity contribution in [1.82, 2.24) is 0 Å². The van der Waals surface area contributed by atoms with Crippen molar-refractivity contribution in [3.8, 4) is 0 Å². The molecule has 0 saturated heterocycles. The zero-order valence-electron chi connectivity index (χ0n) is 7.29. The van der Waals surface area contributed by atoms with Gasteiger partial charge < -0.3 is 15.9 Å². The third-order valence-electron chi connectivity index (χ3n) is 2.07. The monoisotopic (exact) mass is 176 g/mol. The Labute approximate surface area is 76.3 Å². The van der Waals surface area contributed by atoms with E-state index in [4.69, 9.17) is 15.9 Å². The fourth-order valence-corrected chi connectivity index (χ4v) is 1.36. The van der Waals surface area contributed by atoms with Gasteiger partial charge in [0, 0.05) is 11.9 Å². The molecule has 3 heteroatoms. The molecule has 1 heterocycles. The van der Waals surface area contributed by atoms with Crippen LogP contribution < -0.4 is 11.5 Å². The molecule has 0 aliphatic heterocycles. The Kier molecular flexibility index (Phi) is 2.04. The maximum Gasteiger partial charge on any atom is 0.134 e.